The van der Waals surface area contributed by atoms with E-state index in [1.807, 2.05) is 0 Å². The summed E-state index contributed by atoms with van der Waals surface area (Å²) < 4.78 is 45.7. The highest BCUT2D eigenvalue weighted by atomic mass is 32.2. The molecule has 0 aliphatic heterocycles. The fraction of sp³-hybridized carbons (Fsp3) is 0. The average Bonchev–Trinajstić information content (AvgIpc) is 2.24. The molecule has 0 unspecified atom stereocenters. The zero-order valence-corrected chi connectivity index (χ0v) is 11.1. The van der Waals surface area contributed by atoms with E-state index in [0.717, 1.165) is 6.07 Å². The SMILES string of the molecule is [NH]c1ccc2cc(S(N)(=O)=O)cc(S(N)(=O)=O)c2c1. The lowest BCUT2D eigenvalue weighted by Crippen LogP contribution is -2.16. The van der Waals surface area contributed by atoms with Crippen molar-refractivity contribution < 1.29 is 16.8 Å². The summed E-state index contributed by atoms with van der Waals surface area (Å²) in [6.07, 6.45) is 0. The van der Waals surface area contributed by atoms with Crippen molar-refractivity contribution in [3.8, 4) is 0 Å². The van der Waals surface area contributed by atoms with Crippen LogP contribution in [0.4, 0.5) is 5.69 Å². The predicted octanol–water partition coefficient (Wildman–Crippen LogP) is 0.0490. The van der Waals surface area contributed by atoms with E-state index in [-0.39, 0.29) is 20.9 Å². The van der Waals surface area contributed by atoms with E-state index in [2.05, 4.69) is 0 Å². The smallest absolute Gasteiger partial charge is 0.238 e. The summed E-state index contributed by atoms with van der Waals surface area (Å²) in [7, 11) is -8.19. The maximum absolute atomic E-state index is 11.5. The lowest BCUT2D eigenvalue weighted by atomic mass is 10.1. The van der Waals surface area contributed by atoms with Crippen molar-refractivity contribution >= 4 is 36.5 Å². The van der Waals surface area contributed by atoms with Gasteiger partial charge in [-0.25, -0.2) is 27.1 Å². The molecule has 0 saturated carbocycles. The van der Waals surface area contributed by atoms with E-state index >= 15 is 0 Å². The fourth-order valence-corrected chi connectivity index (χ4v) is 3.12. The lowest BCUT2D eigenvalue weighted by molar-refractivity contribution is 0.597. The van der Waals surface area contributed by atoms with Crippen molar-refractivity contribution in [2.24, 2.45) is 10.3 Å². The summed E-state index contributed by atoms with van der Waals surface area (Å²) in [6.45, 7) is 0. The molecule has 0 atom stereocenters. The zero-order chi connectivity index (χ0) is 14.4. The van der Waals surface area contributed by atoms with Gasteiger partial charge in [-0.1, -0.05) is 6.07 Å². The molecule has 0 aliphatic rings. The number of benzene rings is 2. The normalized spacial score (nSPS) is 12.7. The molecule has 0 aromatic heterocycles. The summed E-state index contributed by atoms with van der Waals surface area (Å²) in [6, 6.07) is 6.26. The minimum atomic E-state index is -4.13. The first kappa shape index (κ1) is 13.7. The predicted molar refractivity (Wildman–Crippen MR) is 69.5 cm³/mol. The number of nitrogens with two attached hydrogens (primary N) is 2. The molecule has 2 rings (SSSR count). The van der Waals surface area contributed by atoms with Gasteiger partial charge in [0.25, 0.3) is 0 Å². The number of primary sulfonamides is 2. The molecule has 2 aromatic carbocycles. The molecule has 101 valence electrons. The molecular weight excluding hydrogens is 290 g/mol. The minimum absolute atomic E-state index is 0.0840. The van der Waals surface area contributed by atoms with Gasteiger partial charge in [-0.2, -0.15) is 0 Å². The molecule has 5 N–H and O–H groups in total. The largest absolute Gasteiger partial charge is 0.301 e. The Balaban J connectivity index is 3.01. The number of hydrogen-bond donors (Lipinski definition) is 2. The molecule has 7 nitrogen and oxygen atoms in total. The molecule has 0 heterocycles. The number of nitrogens with one attached hydrogen (secondary N) is 1. The number of hydrogen-bond acceptors (Lipinski definition) is 4. The quantitative estimate of drug-likeness (QED) is 0.807. The van der Waals surface area contributed by atoms with Gasteiger partial charge in [-0.3, -0.25) is 0 Å². The van der Waals surface area contributed by atoms with E-state index in [4.69, 9.17) is 16.0 Å². The second-order valence-electron chi connectivity index (χ2n) is 3.95. The maximum Gasteiger partial charge on any atom is 0.238 e. The van der Waals surface area contributed by atoms with E-state index < -0.39 is 20.0 Å². The summed E-state index contributed by atoms with van der Waals surface area (Å²) in [5.41, 5.74) is 7.56. The van der Waals surface area contributed by atoms with Crippen LogP contribution in [0.5, 0.6) is 0 Å². The third-order valence-corrected chi connectivity index (χ3v) is 4.37. The molecule has 2 aromatic rings. The molecule has 0 spiro atoms. The molecule has 0 saturated heterocycles. The van der Waals surface area contributed by atoms with Gasteiger partial charge >= 0.3 is 0 Å². The van der Waals surface area contributed by atoms with Crippen molar-refractivity contribution in [3.63, 3.8) is 0 Å². The first-order valence-corrected chi connectivity index (χ1v) is 8.03. The molecule has 0 bridgehead atoms. The highest BCUT2D eigenvalue weighted by Crippen LogP contribution is 2.28. The number of fused-ring (bicyclic) bond motifs is 1. The van der Waals surface area contributed by atoms with Crippen LogP contribution in [-0.4, -0.2) is 16.8 Å². The van der Waals surface area contributed by atoms with Crippen LogP contribution in [-0.2, 0) is 20.0 Å². The third kappa shape index (κ3) is 2.68. The monoisotopic (exact) mass is 300 g/mol. The Bertz CT molecular complexity index is 873. The molecule has 1 radical (unpaired) electrons. The highest BCUT2D eigenvalue weighted by molar-refractivity contribution is 7.90. The van der Waals surface area contributed by atoms with Crippen LogP contribution >= 0.6 is 0 Å². The van der Waals surface area contributed by atoms with Gasteiger partial charge in [0, 0.05) is 5.39 Å². The Hall–Kier alpha value is -1.68. The lowest BCUT2D eigenvalue weighted by Gasteiger charge is -2.08. The zero-order valence-electron chi connectivity index (χ0n) is 9.49. The molecule has 0 fully saturated rings. The van der Waals surface area contributed by atoms with Gasteiger partial charge in [0.1, 0.15) is 0 Å². The second-order valence-corrected chi connectivity index (χ2v) is 7.04. The Morgan fingerprint density at radius 1 is 0.895 bits per heavy atom. The van der Waals surface area contributed by atoms with Gasteiger partial charge in [-0.05, 0) is 29.7 Å². The van der Waals surface area contributed by atoms with Crippen LogP contribution in [0.2, 0.25) is 0 Å². The van der Waals surface area contributed by atoms with Crippen LogP contribution < -0.4 is 16.0 Å². The fourth-order valence-electron chi connectivity index (χ4n) is 1.70. The van der Waals surface area contributed by atoms with E-state index in [1.165, 1.54) is 24.3 Å². The summed E-state index contributed by atoms with van der Waals surface area (Å²) in [4.78, 5) is -0.718. The summed E-state index contributed by atoms with van der Waals surface area (Å²) in [5, 5.41) is 10.6. The average molecular weight is 300 g/mol. The molecule has 0 aliphatic carbocycles. The number of sulfonamides is 2. The van der Waals surface area contributed by atoms with Crippen LogP contribution in [0.1, 0.15) is 0 Å². The van der Waals surface area contributed by atoms with Crippen molar-refractivity contribution in [2.75, 3.05) is 0 Å². The Labute approximate surface area is 110 Å². The second kappa shape index (κ2) is 4.17. The Kier molecular flexibility index (Phi) is 3.01. The highest BCUT2D eigenvalue weighted by Gasteiger charge is 2.18. The van der Waals surface area contributed by atoms with Crippen LogP contribution in [0, 0.1) is 0 Å². The standard InChI is InChI=1S/C10H10N3O4S2/c11-7-2-1-6-3-8(18(12,14)15)5-10(9(6)4-7)19(13,16)17/h1-5,11H,(H2,12,14,15)(H2,13,16,17). The van der Waals surface area contributed by atoms with Crippen molar-refractivity contribution in [2.45, 2.75) is 9.79 Å². The maximum atomic E-state index is 11.5. The Morgan fingerprint density at radius 2 is 1.53 bits per heavy atom. The molecule has 9 heteroatoms. The van der Waals surface area contributed by atoms with Crippen molar-refractivity contribution in [1.82, 2.24) is 5.73 Å². The Morgan fingerprint density at radius 3 is 2.05 bits per heavy atom. The summed E-state index contributed by atoms with van der Waals surface area (Å²) in [5.74, 6) is 0. The van der Waals surface area contributed by atoms with Crippen LogP contribution in [0.25, 0.3) is 10.8 Å². The van der Waals surface area contributed by atoms with Crippen LogP contribution in [0.15, 0.2) is 40.1 Å². The van der Waals surface area contributed by atoms with Crippen molar-refractivity contribution in [3.05, 3.63) is 30.3 Å². The van der Waals surface area contributed by atoms with E-state index in [0.29, 0.717) is 5.39 Å². The van der Waals surface area contributed by atoms with Gasteiger partial charge in [0.2, 0.25) is 20.0 Å². The first-order chi connectivity index (χ1) is 8.59. The molecular formula is C10H10N3O4S2. The van der Waals surface area contributed by atoms with Crippen LogP contribution in [0.3, 0.4) is 0 Å². The van der Waals surface area contributed by atoms with Gasteiger partial charge in [-0.15, -0.1) is 0 Å². The minimum Gasteiger partial charge on any atom is -0.301 e. The topological polar surface area (TPSA) is 144 Å². The van der Waals surface area contributed by atoms with Gasteiger partial charge < -0.3 is 5.73 Å². The van der Waals surface area contributed by atoms with E-state index in [1.54, 1.807) is 0 Å². The van der Waals surface area contributed by atoms with Gasteiger partial charge in [0.15, 0.2) is 0 Å². The molecule has 0 amide bonds. The van der Waals surface area contributed by atoms with E-state index in [9.17, 15) is 16.8 Å². The summed E-state index contributed by atoms with van der Waals surface area (Å²) >= 11 is 0. The van der Waals surface area contributed by atoms with Crippen molar-refractivity contribution in [1.29, 1.82) is 0 Å². The number of rotatable bonds is 2. The van der Waals surface area contributed by atoms with Gasteiger partial charge in [0.05, 0.1) is 15.5 Å². The third-order valence-electron chi connectivity index (χ3n) is 2.52. The molecule has 19 heavy (non-hydrogen) atoms. The first-order valence-electron chi connectivity index (χ1n) is 4.94.